The summed E-state index contributed by atoms with van der Waals surface area (Å²) >= 11 is 7.32. The summed E-state index contributed by atoms with van der Waals surface area (Å²) in [5.41, 5.74) is 1.24. The van der Waals surface area contributed by atoms with Crippen LogP contribution in [0, 0.1) is 3.57 Å². The third-order valence-corrected chi connectivity index (χ3v) is 7.78. The topological polar surface area (TPSA) is 217 Å². The number of Topliss-reactive ketones (excluding diaryl/α,β-unsaturated/α-hetero) is 1. The van der Waals surface area contributed by atoms with Crippen LogP contribution >= 0.6 is 34.8 Å². The highest BCUT2D eigenvalue weighted by Gasteiger charge is 2.25. The Morgan fingerprint density at radius 3 is 2.10 bits per heavy atom. The van der Waals surface area contributed by atoms with Gasteiger partial charge in [-0.2, -0.15) is 0 Å². The molecule has 0 spiro atoms. The predicted molar refractivity (Wildman–Crippen MR) is 168 cm³/mol. The Labute approximate surface area is 262 Å². The van der Waals surface area contributed by atoms with Gasteiger partial charge >= 0.3 is 18.0 Å². The maximum absolute atomic E-state index is 12.8. The van der Waals surface area contributed by atoms with E-state index in [1.807, 2.05) is 12.1 Å². The number of halogens is 1. The fraction of sp³-hybridized carbons (Fsp3) is 0.346. The Bertz CT molecular complexity index is 1370. The van der Waals surface area contributed by atoms with Crippen molar-refractivity contribution in [1.82, 2.24) is 16.0 Å². The molecular formula is C26H32IN5O8S2. The Balaban J connectivity index is 1.81. The van der Waals surface area contributed by atoms with Gasteiger partial charge in [-0.3, -0.25) is 9.59 Å². The molecule has 42 heavy (non-hydrogen) atoms. The number of urea groups is 1. The van der Waals surface area contributed by atoms with E-state index in [4.69, 9.17) is 22.5 Å². The smallest absolute Gasteiger partial charge is 0.326 e. The molecule has 2 amide bonds. The number of carbonyl (C=O) groups excluding carboxylic acids is 2. The summed E-state index contributed by atoms with van der Waals surface area (Å²) in [5.74, 6) is -2.78. The van der Waals surface area contributed by atoms with Gasteiger partial charge in [-0.05, 0) is 102 Å². The van der Waals surface area contributed by atoms with Crippen molar-refractivity contribution in [3.63, 3.8) is 0 Å². The van der Waals surface area contributed by atoms with Crippen molar-refractivity contribution in [2.75, 3.05) is 11.9 Å². The van der Waals surface area contributed by atoms with Gasteiger partial charge in [-0.15, -0.1) is 0 Å². The number of hydrogen-bond acceptors (Lipinski definition) is 7. The number of thiocarbonyl (C=S) groups is 1. The predicted octanol–water partition coefficient (Wildman–Crippen LogP) is 2.19. The molecule has 2 rings (SSSR count). The average molecular weight is 734 g/mol. The van der Waals surface area contributed by atoms with Gasteiger partial charge in [0.1, 0.15) is 6.04 Å². The molecule has 0 aromatic heterocycles. The van der Waals surface area contributed by atoms with E-state index in [1.165, 1.54) is 24.3 Å². The van der Waals surface area contributed by atoms with E-state index in [2.05, 4.69) is 43.9 Å². The SMILES string of the molecule is NS(=O)(=O)c1ccc(NC(=S)NCCCC[C@H](NC(=O)N[C@@H](CCC(=O)O)C(=O)Cc2ccc(I)cc2)C(=O)O)cc1. The van der Waals surface area contributed by atoms with Crippen LogP contribution in [-0.2, 0) is 30.8 Å². The number of carboxylic acids is 2. The minimum Gasteiger partial charge on any atom is -0.481 e. The van der Waals surface area contributed by atoms with Crippen molar-refractivity contribution in [1.29, 1.82) is 0 Å². The number of carbonyl (C=O) groups is 4. The molecule has 0 saturated carbocycles. The van der Waals surface area contributed by atoms with Crippen LogP contribution in [0.5, 0.6) is 0 Å². The molecule has 228 valence electrons. The van der Waals surface area contributed by atoms with E-state index >= 15 is 0 Å². The molecule has 0 fully saturated rings. The van der Waals surface area contributed by atoms with Crippen LogP contribution in [0.15, 0.2) is 53.4 Å². The van der Waals surface area contributed by atoms with E-state index < -0.39 is 45.9 Å². The molecular weight excluding hydrogens is 701 g/mol. The summed E-state index contributed by atoms with van der Waals surface area (Å²) in [6.07, 6.45) is 0.500. The number of hydrogen-bond donors (Lipinski definition) is 7. The summed E-state index contributed by atoms with van der Waals surface area (Å²) in [7, 11) is -3.80. The standard InChI is InChI=1S/C26H32IN5O8S2/c27-17-6-4-16(5-7-17)15-22(33)20(12-13-23(34)35)31-25(38)32-21(24(36)37)3-1-2-14-29-26(41)30-18-8-10-19(11-9-18)42(28,39)40/h4-11,20-21H,1-3,12-15H2,(H,34,35)(H,36,37)(H2,28,39,40)(H2,29,30,41)(H2,31,32,38)/t20-,21-/m0/s1. The number of amides is 2. The largest absolute Gasteiger partial charge is 0.481 e. The molecule has 0 bridgehead atoms. The first-order valence-corrected chi connectivity index (χ1v) is 15.7. The fourth-order valence-corrected chi connectivity index (χ4v) is 4.80. The van der Waals surface area contributed by atoms with Gasteiger partial charge in [0.05, 0.1) is 10.9 Å². The lowest BCUT2D eigenvalue weighted by molar-refractivity contribution is -0.139. The molecule has 2 aromatic carbocycles. The zero-order valence-electron chi connectivity index (χ0n) is 22.3. The molecule has 16 heteroatoms. The van der Waals surface area contributed by atoms with E-state index in [0.717, 1.165) is 3.57 Å². The van der Waals surface area contributed by atoms with Crippen LogP contribution in [0.1, 0.15) is 37.7 Å². The zero-order chi connectivity index (χ0) is 31.3. The van der Waals surface area contributed by atoms with E-state index in [1.54, 1.807) is 12.1 Å². The van der Waals surface area contributed by atoms with Crippen LogP contribution < -0.4 is 26.4 Å². The molecule has 0 heterocycles. The lowest BCUT2D eigenvalue weighted by Gasteiger charge is -2.20. The Hall–Kier alpha value is -3.35. The molecule has 0 aliphatic carbocycles. The first-order chi connectivity index (χ1) is 19.7. The minimum atomic E-state index is -3.80. The molecule has 0 radical (unpaired) electrons. The third-order valence-electron chi connectivity index (χ3n) is 5.88. The molecule has 0 aliphatic heterocycles. The first-order valence-electron chi connectivity index (χ1n) is 12.7. The molecule has 2 atom stereocenters. The molecule has 0 aliphatic rings. The van der Waals surface area contributed by atoms with Crippen LogP contribution in [0.2, 0.25) is 0 Å². The number of primary sulfonamides is 1. The number of rotatable bonds is 16. The second kappa shape index (κ2) is 16.9. The van der Waals surface area contributed by atoms with Gasteiger partial charge in [-0.1, -0.05) is 12.1 Å². The van der Waals surface area contributed by atoms with Crippen molar-refractivity contribution < 1.29 is 37.8 Å². The highest BCUT2D eigenvalue weighted by atomic mass is 127. The van der Waals surface area contributed by atoms with Crippen LogP contribution in [-0.4, -0.2) is 66.1 Å². The van der Waals surface area contributed by atoms with Crippen LogP contribution in [0.3, 0.4) is 0 Å². The monoisotopic (exact) mass is 733 g/mol. The minimum absolute atomic E-state index is 0.0194. The number of aliphatic carboxylic acids is 2. The van der Waals surface area contributed by atoms with Gasteiger partial charge in [0, 0.05) is 28.6 Å². The van der Waals surface area contributed by atoms with Crippen LogP contribution in [0.4, 0.5) is 10.5 Å². The quantitative estimate of drug-likeness (QED) is 0.0754. The van der Waals surface area contributed by atoms with Gasteiger partial charge in [0.25, 0.3) is 0 Å². The van der Waals surface area contributed by atoms with E-state index in [9.17, 15) is 32.7 Å². The summed E-state index contributed by atoms with van der Waals surface area (Å²) in [6.45, 7) is 0.393. The van der Waals surface area contributed by atoms with Crippen molar-refractivity contribution in [3.8, 4) is 0 Å². The van der Waals surface area contributed by atoms with Gasteiger partial charge in [-0.25, -0.2) is 23.1 Å². The van der Waals surface area contributed by atoms with Crippen LogP contribution in [0.25, 0.3) is 0 Å². The molecule has 8 N–H and O–H groups in total. The first kappa shape index (κ1) is 34.8. The van der Waals surface area contributed by atoms with Gasteiger partial charge in [0.2, 0.25) is 10.0 Å². The second-order valence-electron chi connectivity index (χ2n) is 9.21. The summed E-state index contributed by atoms with van der Waals surface area (Å²) < 4.78 is 23.6. The van der Waals surface area contributed by atoms with Crippen molar-refractivity contribution in [2.24, 2.45) is 5.14 Å². The molecule has 2 aromatic rings. The summed E-state index contributed by atoms with van der Waals surface area (Å²) in [5, 5.41) is 34.6. The average Bonchev–Trinajstić information content (AvgIpc) is 2.91. The van der Waals surface area contributed by atoms with E-state index in [0.29, 0.717) is 30.6 Å². The number of anilines is 1. The van der Waals surface area contributed by atoms with Crippen molar-refractivity contribution in [2.45, 2.75) is 55.5 Å². The number of unbranched alkanes of at least 4 members (excludes halogenated alkanes) is 1. The number of carboxylic acid groups (broad SMARTS) is 2. The van der Waals surface area contributed by atoms with Crippen molar-refractivity contribution in [3.05, 3.63) is 57.7 Å². The molecule has 13 nitrogen and oxygen atoms in total. The third kappa shape index (κ3) is 13.1. The highest BCUT2D eigenvalue weighted by Crippen LogP contribution is 2.13. The van der Waals surface area contributed by atoms with Gasteiger partial charge < -0.3 is 31.5 Å². The summed E-state index contributed by atoms with van der Waals surface area (Å²) in [6, 6.07) is 9.63. The summed E-state index contributed by atoms with van der Waals surface area (Å²) in [4.78, 5) is 48.2. The maximum Gasteiger partial charge on any atom is 0.326 e. The van der Waals surface area contributed by atoms with Gasteiger partial charge in [0.15, 0.2) is 10.9 Å². The lowest BCUT2D eigenvalue weighted by atomic mass is 10.00. The molecule has 0 saturated heterocycles. The normalized spacial score (nSPS) is 12.4. The molecule has 0 unspecified atom stereocenters. The second-order valence-corrected chi connectivity index (χ2v) is 12.4. The number of nitrogens with one attached hydrogen (secondary N) is 4. The number of sulfonamides is 1. The Kier molecular flexibility index (Phi) is 14.1. The lowest BCUT2D eigenvalue weighted by Crippen LogP contribution is -2.51. The Morgan fingerprint density at radius 1 is 0.905 bits per heavy atom. The van der Waals surface area contributed by atoms with Crippen molar-refractivity contribution >= 4 is 79.4 Å². The van der Waals surface area contributed by atoms with E-state index in [-0.39, 0.29) is 35.7 Å². The number of ketones is 1. The number of nitrogens with two attached hydrogens (primary N) is 1. The zero-order valence-corrected chi connectivity index (χ0v) is 26.1. The maximum atomic E-state index is 12.8. The highest BCUT2D eigenvalue weighted by molar-refractivity contribution is 14.1. The fourth-order valence-electron chi connectivity index (χ4n) is 3.70. The number of benzene rings is 2. The Morgan fingerprint density at radius 2 is 1.52 bits per heavy atom.